The monoisotopic (exact) mass is 430 g/mol. The summed E-state index contributed by atoms with van der Waals surface area (Å²) in [6.07, 6.45) is 2.77. The summed E-state index contributed by atoms with van der Waals surface area (Å²) in [5, 5.41) is 5.35. The number of fused-ring (bicyclic) bond motifs is 3. The number of aromatic nitrogens is 4. The highest BCUT2D eigenvalue weighted by Gasteiger charge is 2.31. The van der Waals surface area contributed by atoms with Gasteiger partial charge in [-0.15, -0.1) is 5.10 Å². The molecule has 1 aliphatic rings. The summed E-state index contributed by atoms with van der Waals surface area (Å²) in [6.45, 7) is 2.09. The predicted molar refractivity (Wildman–Crippen MR) is 120 cm³/mol. The number of rotatable bonds is 5. The zero-order chi connectivity index (χ0) is 21.4. The molecule has 6 nitrogen and oxygen atoms in total. The fourth-order valence-corrected chi connectivity index (χ4v) is 4.93. The summed E-state index contributed by atoms with van der Waals surface area (Å²) in [4.78, 5) is 21.9. The lowest BCUT2D eigenvalue weighted by Crippen LogP contribution is -2.22. The van der Waals surface area contributed by atoms with Gasteiger partial charge in [0.1, 0.15) is 5.75 Å². The van der Waals surface area contributed by atoms with Gasteiger partial charge in [-0.05, 0) is 30.5 Å². The number of thioether (sulfide) groups is 1. The van der Waals surface area contributed by atoms with Gasteiger partial charge in [-0.2, -0.15) is 9.50 Å². The van der Waals surface area contributed by atoms with Crippen molar-refractivity contribution in [1.82, 2.24) is 19.6 Å². The summed E-state index contributed by atoms with van der Waals surface area (Å²) in [5.41, 5.74) is 5.01. The first-order valence-electron chi connectivity index (χ1n) is 10.2. The van der Waals surface area contributed by atoms with E-state index in [9.17, 15) is 4.79 Å². The van der Waals surface area contributed by atoms with Gasteiger partial charge in [0.15, 0.2) is 5.78 Å². The molecule has 0 spiro atoms. The van der Waals surface area contributed by atoms with E-state index in [1.165, 1.54) is 11.1 Å². The van der Waals surface area contributed by atoms with Crippen molar-refractivity contribution in [2.24, 2.45) is 0 Å². The van der Waals surface area contributed by atoms with Crippen LogP contribution in [-0.4, -0.2) is 32.5 Å². The van der Waals surface area contributed by atoms with Gasteiger partial charge in [0, 0.05) is 24.3 Å². The molecule has 0 N–H and O–H groups in total. The molecule has 2 aromatic carbocycles. The van der Waals surface area contributed by atoms with Gasteiger partial charge in [-0.1, -0.05) is 59.8 Å². The molecule has 156 valence electrons. The minimum atomic E-state index is 0.0364. The molecule has 1 aliphatic carbocycles. The van der Waals surface area contributed by atoms with Gasteiger partial charge >= 0.3 is 0 Å². The molecule has 0 aliphatic heterocycles. The number of ether oxygens (including phenoxy) is 1. The number of methoxy groups -OCH3 is 1. The lowest BCUT2D eigenvalue weighted by Gasteiger charge is -2.25. The molecule has 0 fully saturated rings. The maximum Gasteiger partial charge on any atom is 0.253 e. The molecule has 2 aromatic heterocycles. The normalized spacial score (nSPS) is 15.8. The second kappa shape index (κ2) is 8.15. The molecular formula is C24H22N4O2S. The lowest BCUT2D eigenvalue weighted by atomic mass is 9.82. The first-order chi connectivity index (χ1) is 15.1. The van der Waals surface area contributed by atoms with Gasteiger partial charge < -0.3 is 4.74 Å². The van der Waals surface area contributed by atoms with E-state index in [0.717, 1.165) is 22.8 Å². The van der Waals surface area contributed by atoms with Crippen LogP contribution in [0.2, 0.25) is 0 Å². The number of carbonyl (C=O) groups is 1. The third-order valence-electron chi connectivity index (χ3n) is 5.65. The molecule has 4 aromatic rings. The number of nitrogens with zero attached hydrogens (tertiary/aromatic N) is 4. The molecule has 0 amide bonds. The van der Waals surface area contributed by atoms with Crippen molar-refractivity contribution >= 4 is 23.3 Å². The van der Waals surface area contributed by atoms with Crippen LogP contribution < -0.4 is 4.74 Å². The van der Waals surface area contributed by atoms with Crippen LogP contribution in [0.1, 0.15) is 45.1 Å². The number of para-hydroxylation sites is 1. The first-order valence-corrected chi connectivity index (χ1v) is 11.2. The average molecular weight is 431 g/mol. The minimum Gasteiger partial charge on any atom is -0.496 e. The summed E-state index contributed by atoms with van der Waals surface area (Å²) in [5.74, 6) is 2.23. The third-order valence-corrected chi connectivity index (χ3v) is 6.56. The van der Waals surface area contributed by atoms with Gasteiger partial charge in [0.25, 0.3) is 5.78 Å². The van der Waals surface area contributed by atoms with Crippen LogP contribution in [0.15, 0.2) is 59.9 Å². The number of aryl methyl sites for hydroxylation is 1. The van der Waals surface area contributed by atoms with Crippen LogP contribution >= 0.6 is 11.8 Å². The third kappa shape index (κ3) is 3.81. The number of ketones is 1. The topological polar surface area (TPSA) is 69.4 Å². The van der Waals surface area contributed by atoms with E-state index in [0.29, 0.717) is 29.3 Å². The van der Waals surface area contributed by atoms with Crippen LogP contribution in [0.5, 0.6) is 5.75 Å². The Hall–Kier alpha value is -3.19. The second-order valence-electron chi connectivity index (χ2n) is 7.77. The standard InChI is InChI=1S/C24H22N4O2S/c1-15-6-5-7-16(10-15)14-31-24-26-23-25-13-19-20(28(23)27-24)11-17(12-21(19)29)18-8-3-4-9-22(18)30-2/h3-10,13,17H,11-12,14H2,1-2H3. The van der Waals surface area contributed by atoms with E-state index in [1.54, 1.807) is 29.6 Å². The molecule has 7 heteroatoms. The Kier molecular flexibility index (Phi) is 5.19. The van der Waals surface area contributed by atoms with Crippen molar-refractivity contribution in [3.05, 3.63) is 82.7 Å². The Bertz CT molecular complexity index is 1280. The second-order valence-corrected chi connectivity index (χ2v) is 8.72. The van der Waals surface area contributed by atoms with Gasteiger partial charge in [-0.3, -0.25) is 4.79 Å². The Morgan fingerprint density at radius 2 is 2.03 bits per heavy atom. The summed E-state index contributed by atoms with van der Waals surface area (Å²) in [6, 6.07) is 16.3. The van der Waals surface area contributed by atoms with Crippen LogP contribution in [0.3, 0.4) is 0 Å². The molecule has 0 bridgehead atoms. The fraction of sp³-hybridized carbons (Fsp3) is 0.250. The van der Waals surface area contributed by atoms with Gasteiger partial charge in [0.2, 0.25) is 5.16 Å². The van der Waals surface area contributed by atoms with Crippen LogP contribution in [0.25, 0.3) is 5.78 Å². The van der Waals surface area contributed by atoms with Crippen molar-refractivity contribution < 1.29 is 9.53 Å². The zero-order valence-corrected chi connectivity index (χ0v) is 18.2. The van der Waals surface area contributed by atoms with Crippen LogP contribution in [0, 0.1) is 6.92 Å². The Morgan fingerprint density at radius 3 is 2.87 bits per heavy atom. The smallest absolute Gasteiger partial charge is 0.253 e. The van der Waals surface area contributed by atoms with E-state index in [-0.39, 0.29) is 11.7 Å². The molecule has 0 saturated heterocycles. The summed E-state index contributed by atoms with van der Waals surface area (Å²) >= 11 is 1.57. The number of hydrogen-bond donors (Lipinski definition) is 0. The number of benzene rings is 2. The molecule has 0 saturated carbocycles. The van der Waals surface area contributed by atoms with Crippen molar-refractivity contribution in [3.63, 3.8) is 0 Å². The van der Waals surface area contributed by atoms with Crippen molar-refractivity contribution in [2.45, 2.75) is 36.6 Å². The van der Waals surface area contributed by atoms with Crippen LogP contribution in [-0.2, 0) is 12.2 Å². The number of hydrogen-bond acceptors (Lipinski definition) is 6. The van der Waals surface area contributed by atoms with E-state index >= 15 is 0 Å². The minimum absolute atomic E-state index is 0.0364. The van der Waals surface area contributed by atoms with E-state index in [4.69, 9.17) is 9.84 Å². The highest BCUT2D eigenvalue weighted by molar-refractivity contribution is 7.98. The molecule has 31 heavy (non-hydrogen) atoms. The van der Waals surface area contributed by atoms with E-state index in [1.807, 2.05) is 24.3 Å². The SMILES string of the molecule is COc1ccccc1C1CC(=O)c2cnc3nc(SCc4cccc(C)c4)nn3c2C1. The molecule has 5 rings (SSSR count). The maximum atomic E-state index is 12.9. The quantitative estimate of drug-likeness (QED) is 0.430. The van der Waals surface area contributed by atoms with Crippen molar-refractivity contribution in [1.29, 1.82) is 0 Å². The number of carbonyl (C=O) groups excluding carboxylic acids is 1. The van der Waals surface area contributed by atoms with Crippen molar-refractivity contribution in [3.8, 4) is 5.75 Å². The van der Waals surface area contributed by atoms with Crippen molar-refractivity contribution in [2.75, 3.05) is 7.11 Å². The van der Waals surface area contributed by atoms with Crippen LogP contribution in [0.4, 0.5) is 0 Å². The molecule has 0 radical (unpaired) electrons. The maximum absolute atomic E-state index is 12.9. The summed E-state index contributed by atoms with van der Waals surface area (Å²) < 4.78 is 7.28. The van der Waals surface area contributed by atoms with E-state index in [2.05, 4.69) is 41.2 Å². The predicted octanol–water partition coefficient (Wildman–Crippen LogP) is 4.65. The fourth-order valence-electron chi connectivity index (χ4n) is 4.16. The Balaban J connectivity index is 1.47. The Labute approximate surface area is 184 Å². The largest absolute Gasteiger partial charge is 0.496 e. The molecule has 1 atom stereocenters. The van der Waals surface area contributed by atoms with Gasteiger partial charge in [-0.25, -0.2) is 4.98 Å². The van der Waals surface area contributed by atoms with E-state index < -0.39 is 0 Å². The zero-order valence-electron chi connectivity index (χ0n) is 17.4. The van der Waals surface area contributed by atoms with Gasteiger partial charge in [0.05, 0.1) is 18.4 Å². The lowest BCUT2D eigenvalue weighted by molar-refractivity contribution is 0.0961. The Morgan fingerprint density at radius 1 is 1.16 bits per heavy atom. The number of Topliss-reactive ketones (excluding diaryl/α,β-unsaturated/α-hetero) is 1. The first kappa shape index (κ1) is 19.8. The average Bonchev–Trinajstić information content (AvgIpc) is 3.21. The highest BCUT2D eigenvalue weighted by Crippen LogP contribution is 2.37. The molecule has 1 unspecified atom stereocenters. The molecular weight excluding hydrogens is 408 g/mol. The molecule has 2 heterocycles. The highest BCUT2D eigenvalue weighted by atomic mass is 32.2. The summed E-state index contributed by atoms with van der Waals surface area (Å²) in [7, 11) is 1.66.